The molecular weight excluding hydrogens is 428 g/mol. The van der Waals surface area contributed by atoms with E-state index >= 15 is 0 Å². The Kier molecular flexibility index (Phi) is 7.07. The number of hydrogen-bond donors (Lipinski definition) is 3. The Hall–Kier alpha value is -2.91. The number of rotatable bonds is 7. The molecule has 158 valence electrons. The van der Waals surface area contributed by atoms with Crippen molar-refractivity contribution in [3.8, 4) is 0 Å². The highest BCUT2D eigenvalue weighted by Gasteiger charge is 2.29. The number of fused-ring (bicyclic) bond motifs is 1. The summed E-state index contributed by atoms with van der Waals surface area (Å²) in [5.74, 6) is -0.357. The summed E-state index contributed by atoms with van der Waals surface area (Å²) in [5, 5.41) is 0.523. The van der Waals surface area contributed by atoms with Crippen LogP contribution in [0.4, 0.5) is 0 Å². The van der Waals surface area contributed by atoms with Gasteiger partial charge in [-0.2, -0.15) is 0 Å². The maximum absolute atomic E-state index is 12.0. The third kappa shape index (κ3) is 5.58. The van der Waals surface area contributed by atoms with E-state index in [1.807, 2.05) is 0 Å². The molecule has 0 bridgehead atoms. The zero-order valence-electron chi connectivity index (χ0n) is 16.0. The minimum Gasteiger partial charge on any atom is -0.273 e. The lowest BCUT2D eigenvalue weighted by molar-refractivity contribution is -0.122. The highest BCUT2D eigenvalue weighted by atomic mass is 35.5. The predicted octanol–water partition coefficient (Wildman–Crippen LogP) is 2.40. The molecule has 0 aliphatic carbocycles. The molecule has 2 aromatic rings. The van der Waals surface area contributed by atoms with Crippen molar-refractivity contribution in [1.82, 2.24) is 15.6 Å². The molecule has 0 spiro atoms. The zero-order valence-corrected chi connectivity index (χ0v) is 17.6. The summed E-state index contributed by atoms with van der Waals surface area (Å²) in [4.78, 5) is 28.3. The van der Waals surface area contributed by atoms with Gasteiger partial charge in [-0.25, -0.2) is 8.42 Å². The van der Waals surface area contributed by atoms with Gasteiger partial charge in [0, 0.05) is 29.1 Å². The van der Waals surface area contributed by atoms with E-state index in [9.17, 15) is 18.0 Å². The van der Waals surface area contributed by atoms with Crippen molar-refractivity contribution >= 4 is 39.3 Å². The van der Waals surface area contributed by atoms with Crippen LogP contribution in [0.1, 0.15) is 41.6 Å². The minimum absolute atomic E-state index is 0.237. The van der Waals surface area contributed by atoms with E-state index in [0.29, 0.717) is 41.4 Å². The highest BCUT2D eigenvalue weighted by molar-refractivity contribution is 7.90. The van der Waals surface area contributed by atoms with E-state index in [4.69, 9.17) is 11.6 Å². The maximum Gasteiger partial charge on any atom is 0.269 e. The van der Waals surface area contributed by atoms with Crippen molar-refractivity contribution in [2.24, 2.45) is 4.99 Å². The summed E-state index contributed by atoms with van der Waals surface area (Å²) in [6.07, 6.45) is 2.32. The second-order valence-electron chi connectivity index (χ2n) is 6.65. The van der Waals surface area contributed by atoms with Crippen LogP contribution in [-0.4, -0.2) is 32.6 Å². The normalized spacial score (nSPS) is 15.3. The Balaban J connectivity index is 1.35. The Bertz CT molecular complexity index is 1070. The number of sulfonamides is 1. The van der Waals surface area contributed by atoms with Crippen LogP contribution in [0.15, 0.2) is 58.4 Å². The van der Waals surface area contributed by atoms with Gasteiger partial charge in [-0.15, -0.1) is 0 Å². The SMILES string of the molecule is O=C(CCCCCN=C1NS(=O)(=O)c2ccccc21)NNC(=O)c1ccc(Cl)cc1. The molecule has 1 aliphatic heterocycles. The molecule has 0 unspecified atom stereocenters. The highest BCUT2D eigenvalue weighted by Crippen LogP contribution is 2.22. The quantitative estimate of drug-likeness (QED) is 0.445. The lowest BCUT2D eigenvalue weighted by Gasteiger charge is -2.07. The number of hydrazine groups is 1. The van der Waals surface area contributed by atoms with Crippen molar-refractivity contribution in [3.63, 3.8) is 0 Å². The molecule has 3 N–H and O–H groups in total. The van der Waals surface area contributed by atoms with Crippen molar-refractivity contribution in [2.45, 2.75) is 30.6 Å². The molecule has 8 nitrogen and oxygen atoms in total. The molecule has 0 aromatic heterocycles. The first-order valence-corrected chi connectivity index (χ1v) is 11.2. The number of amides is 2. The van der Waals surface area contributed by atoms with E-state index in [0.717, 1.165) is 6.42 Å². The van der Waals surface area contributed by atoms with Crippen LogP contribution in [0.5, 0.6) is 0 Å². The van der Waals surface area contributed by atoms with E-state index < -0.39 is 15.9 Å². The minimum atomic E-state index is -3.52. The fourth-order valence-corrected chi connectivity index (χ4v) is 4.26. The molecule has 10 heteroatoms. The van der Waals surface area contributed by atoms with Gasteiger partial charge in [-0.1, -0.05) is 30.2 Å². The van der Waals surface area contributed by atoms with Crippen LogP contribution in [0, 0.1) is 0 Å². The molecule has 0 saturated carbocycles. The van der Waals surface area contributed by atoms with Gasteiger partial charge in [-0.05, 0) is 49.2 Å². The van der Waals surface area contributed by atoms with Crippen LogP contribution < -0.4 is 15.6 Å². The molecule has 0 saturated heterocycles. The molecule has 0 radical (unpaired) electrons. The first kappa shape index (κ1) is 21.8. The molecule has 1 heterocycles. The molecule has 1 aliphatic rings. The predicted molar refractivity (Wildman–Crippen MR) is 114 cm³/mol. The van der Waals surface area contributed by atoms with Crippen LogP contribution >= 0.6 is 11.6 Å². The monoisotopic (exact) mass is 448 g/mol. The molecule has 2 amide bonds. The molecule has 30 heavy (non-hydrogen) atoms. The van der Waals surface area contributed by atoms with Gasteiger partial charge >= 0.3 is 0 Å². The Morgan fingerprint density at radius 2 is 1.70 bits per heavy atom. The lowest BCUT2D eigenvalue weighted by atomic mass is 10.2. The molecule has 0 atom stereocenters. The van der Waals surface area contributed by atoms with Crippen LogP contribution in [-0.2, 0) is 14.8 Å². The van der Waals surface area contributed by atoms with Gasteiger partial charge in [0.15, 0.2) is 0 Å². The first-order chi connectivity index (χ1) is 14.4. The topological polar surface area (TPSA) is 117 Å². The summed E-state index contributed by atoms with van der Waals surface area (Å²) in [6, 6.07) is 13.0. The van der Waals surface area contributed by atoms with Gasteiger partial charge < -0.3 is 0 Å². The fraction of sp³-hybridized carbons (Fsp3) is 0.250. The third-order valence-corrected chi connectivity index (χ3v) is 6.07. The number of aliphatic imine (C=N–C) groups is 1. The average Bonchev–Trinajstić information content (AvgIpc) is 3.00. The number of nitrogens with one attached hydrogen (secondary N) is 3. The Morgan fingerprint density at radius 3 is 2.47 bits per heavy atom. The summed E-state index contributed by atoms with van der Waals surface area (Å²) in [6.45, 7) is 0.446. The van der Waals surface area contributed by atoms with Crippen molar-refractivity contribution in [2.75, 3.05) is 6.54 Å². The number of hydrogen-bond acceptors (Lipinski definition) is 5. The van der Waals surface area contributed by atoms with Crippen molar-refractivity contribution in [3.05, 3.63) is 64.7 Å². The van der Waals surface area contributed by atoms with E-state index in [-0.39, 0.29) is 17.2 Å². The third-order valence-electron chi connectivity index (χ3n) is 4.42. The number of carbonyl (C=O) groups excluding carboxylic acids is 2. The van der Waals surface area contributed by atoms with E-state index in [2.05, 4.69) is 20.6 Å². The lowest BCUT2D eigenvalue weighted by Crippen LogP contribution is -2.41. The van der Waals surface area contributed by atoms with Crippen LogP contribution in [0.25, 0.3) is 0 Å². The number of unbranched alkanes of at least 4 members (excludes halogenated alkanes) is 2. The van der Waals surface area contributed by atoms with E-state index in [1.54, 1.807) is 48.5 Å². The van der Waals surface area contributed by atoms with Gasteiger partial charge in [0.1, 0.15) is 5.84 Å². The van der Waals surface area contributed by atoms with Gasteiger partial charge in [-0.3, -0.25) is 30.2 Å². The largest absolute Gasteiger partial charge is 0.273 e. The Labute approximate surface area is 179 Å². The number of amidine groups is 1. The fourth-order valence-electron chi connectivity index (χ4n) is 2.88. The Morgan fingerprint density at radius 1 is 0.967 bits per heavy atom. The van der Waals surface area contributed by atoms with Crippen molar-refractivity contribution in [1.29, 1.82) is 0 Å². The number of nitrogens with zero attached hydrogens (tertiary/aromatic N) is 1. The average molecular weight is 449 g/mol. The number of carbonyl (C=O) groups is 2. The number of halogens is 1. The molecule has 3 rings (SSSR count). The van der Waals surface area contributed by atoms with Gasteiger partial charge in [0.05, 0.1) is 4.90 Å². The van der Waals surface area contributed by atoms with Gasteiger partial charge in [0.25, 0.3) is 15.9 Å². The molecular formula is C20H21ClN4O4S. The molecule has 2 aromatic carbocycles. The second-order valence-corrected chi connectivity index (χ2v) is 8.74. The van der Waals surface area contributed by atoms with Crippen molar-refractivity contribution < 1.29 is 18.0 Å². The number of benzene rings is 2. The molecule has 0 fully saturated rings. The zero-order chi connectivity index (χ0) is 21.6. The summed E-state index contributed by atoms with van der Waals surface area (Å²) < 4.78 is 26.5. The summed E-state index contributed by atoms with van der Waals surface area (Å²) in [7, 11) is -3.52. The second kappa shape index (κ2) is 9.73. The smallest absolute Gasteiger partial charge is 0.269 e. The summed E-state index contributed by atoms with van der Waals surface area (Å²) >= 11 is 5.77. The maximum atomic E-state index is 12.0. The van der Waals surface area contributed by atoms with Gasteiger partial charge in [0.2, 0.25) is 5.91 Å². The summed E-state index contributed by atoms with van der Waals surface area (Å²) in [5.41, 5.74) is 5.70. The van der Waals surface area contributed by atoms with Crippen LogP contribution in [0.3, 0.4) is 0 Å². The van der Waals surface area contributed by atoms with Crippen LogP contribution in [0.2, 0.25) is 5.02 Å². The first-order valence-electron chi connectivity index (χ1n) is 9.38. The standard InChI is InChI=1S/C20H21ClN4O4S/c21-15-11-9-14(10-12-15)20(27)24-23-18(26)8-2-1-5-13-22-19-16-6-3-4-7-17(16)30(28,29)25-19/h3-4,6-7,9-12H,1-2,5,8,13H2,(H,22,25)(H,23,26)(H,24,27). The van der Waals surface area contributed by atoms with E-state index in [1.165, 1.54) is 0 Å².